The van der Waals surface area contributed by atoms with E-state index < -0.39 is 14.0 Å². The third-order valence-electron chi connectivity index (χ3n) is 1.32. The number of rotatable bonds is 3. The Kier molecular flexibility index (Phi) is 3.26. The van der Waals surface area contributed by atoms with Gasteiger partial charge in [0.1, 0.15) is 0 Å². The zero-order chi connectivity index (χ0) is 9.07. The maximum atomic E-state index is 10.7. The molecule has 3 heteroatoms. The van der Waals surface area contributed by atoms with Crippen molar-refractivity contribution in [2.45, 2.75) is 19.6 Å². The standard InChI is InChI=1S/C8H14O2Si/c1-5-6-7(8(9)10)11(2,3)4/h5-6H,1H2,2-4H3,(H,9,10). The second-order valence-corrected chi connectivity index (χ2v) is 8.41. The molecule has 0 radical (unpaired) electrons. The molecule has 0 aromatic rings. The van der Waals surface area contributed by atoms with Crippen LogP contribution < -0.4 is 0 Å². The van der Waals surface area contributed by atoms with Crippen molar-refractivity contribution in [3.63, 3.8) is 0 Å². The Morgan fingerprint density at radius 1 is 1.45 bits per heavy atom. The van der Waals surface area contributed by atoms with Crippen molar-refractivity contribution in [3.05, 3.63) is 23.9 Å². The van der Waals surface area contributed by atoms with Gasteiger partial charge in [-0.15, -0.1) is 0 Å². The minimum atomic E-state index is -1.68. The highest BCUT2D eigenvalue weighted by Gasteiger charge is 2.24. The van der Waals surface area contributed by atoms with Gasteiger partial charge >= 0.3 is 5.97 Å². The predicted molar refractivity (Wildman–Crippen MR) is 49.3 cm³/mol. The maximum Gasteiger partial charge on any atom is 0.327 e. The van der Waals surface area contributed by atoms with Gasteiger partial charge in [0, 0.05) is 5.20 Å². The van der Waals surface area contributed by atoms with E-state index in [2.05, 4.69) is 6.58 Å². The van der Waals surface area contributed by atoms with Crippen molar-refractivity contribution in [2.24, 2.45) is 0 Å². The lowest BCUT2D eigenvalue weighted by Crippen LogP contribution is -2.29. The Morgan fingerprint density at radius 3 is 2.00 bits per heavy atom. The molecule has 0 atom stereocenters. The Morgan fingerprint density at radius 2 is 1.91 bits per heavy atom. The molecule has 0 aromatic carbocycles. The zero-order valence-corrected chi connectivity index (χ0v) is 8.22. The quantitative estimate of drug-likeness (QED) is 0.400. The number of aliphatic carboxylic acids is 1. The van der Waals surface area contributed by atoms with E-state index in [1.807, 2.05) is 19.6 Å². The van der Waals surface area contributed by atoms with Crippen molar-refractivity contribution in [2.75, 3.05) is 0 Å². The van der Waals surface area contributed by atoms with Gasteiger partial charge in [-0.2, -0.15) is 0 Å². The summed E-state index contributed by atoms with van der Waals surface area (Å²) in [6.45, 7) is 9.47. The molecule has 0 aliphatic rings. The summed E-state index contributed by atoms with van der Waals surface area (Å²) in [7, 11) is -1.68. The number of carboxylic acids is 1. The monoisotopic (exact) mass is 170 g/mol. The second kappa shape index (κ2) is 3.53. The third-order valence-corrected chi connectivity index (χ3v) is 3.32. The summed E-state index contributed by atoms with van der Waals surface area (Å²) in [5.41, 5.74) is 0. The minimum Gasteiger partial charge on any atom is -0.478 e. The number of hydrogen-bond acceptors (Lipinski definition) is 1. The molecule has 0 aliphatic heterocycles. The van der Waals surface area contributed by atoms with Gasteiger partial charge in [0.05, 0.1) is 8.07 Å². The van der Waals surface area contributed by atoms with Crippen molar-refractivity contribution in [1.29, 1.82) is 0 Å². The Balaban J connectivity index is 4.77. The highest BCUT2D eigenvalue weighted by Crippen LogP contribution is 2.14. The van der Waals surface area contributed by atoms with Crippen molar-refractivity contribution in [3.8, 4) is 0 Å². The summed E-state index contributed by atoms with van der Waals surface area (Å²) >= 11 is 0. The molecule has 0 aromatic heterocycles. The average Bonchev–Trinajstić information content (AvgIpc) is 1.79. The van der Waals surface area contributed by atoms with Gasteiger partial charge in [0.25, 0.3) is 0 Å². The van der Waals surface area contributed by atoms with E-state index in [-0.39, 0.29) is 0 Å². The van der Waals surface area contributed by atoms with E-state index in [1.54, 1.807) is 6.08 Å². The first-order valence-corrected chi connectivity index (χ1v) is 6.96. The van der Waals surface area contributed by atoms with E-state index in [9.17, 15) is 4.79 Å². The molecule has 62 valence electrons. The lowest BCUT2D eigenvalue weighted by Gasteiger charge is -2.15. The topological polar surface area (TPSA) is 37.3 Å². The first kappa shape index (κ1) is 10.2. The van der Waals surface area contributed by atoms with Gasteiger partial charge in [-0.25, -0.2) is 4.79 Å². The summed E-state index contributed by atoms with van der Waals surface area (Å²) in [6.07, 6.45) is 3.12. The lowest BCUT2D eigenvalue weighted by molar-refractivity contribution is -0.132. The highest BCUT2D eigenvalue weighted by molar-refractivity contribution is 6.86. The van der Waals surface area contributed by atoms with Gasteiger partial charge < -0.3 is 5.11 Å². The number of hydrogen-bond donors (Lipinski definition) is 1. The molecule has 0 heterocycles. The maximum absolute atomic E-state index is 10.7. The van der Waals surface area contributed by atoms with Crippen LogP contribution in [0.25, 0.3) is 0 Å². The van der Waals surface area contributed by atoms with Crippen LogP contribution in [-0.4, -0.2) is 19.1 Å². The first-order valence-electron chi connectivity index (χ1n) is 3.46. The molecule has 2 nitrogen and oxygen atoms in total. The molecule has 0 unspecified atom stereocenters. The summed E-state index contributed by atoms with van der Waals surface area (Å²) in [5, 5.41) is 9.28. The summed E-state index contributed by atoms with van der Waals surface area (Å²) in [4.78, 5) is 10.7. The molecule has 0 rings (SSSR count). The van der Waals surface area contributed by atoms with Crippen LogP contribution in [0.3, 0.4) is 0 Å². The number of allylic oxidation sites excluding steroid dienone is 2. The van der Waals surface area contributed by atoms with E-state index in [0.29, 0.717) is 5.20 Å². The molecular formula is C8H14O2Si. The number of carboxylic acid groups (broad SMARTS) is 1. The lowest BCUT2D eigenvalue weighted by atomic mass is 10.5. The fourth-order valence-corrected chi connectivity index (χ4v) is 2.02. The summed E-state index contributed by atoms with van der Waals surface area (Å²) in [6, 6.07) is 0. The van der Waals surface area contributed by atoms with Crippen molar-refractivity contribution in [1.82, 2.24) is 0 Å². The van der Waals surface area contributed by atoms with Crippen LogP contribution >= 0.6 is 0 Å². The van der Waals surface area contributed by atoms with Gasteiger partial charge in [0.2, 0.25) is 0 Å². The second-order valence-electron chi connectivity index (χ2n) is 3.37. The zero-order valence-electron chi connectivity index (χ0n) is 7.22. The number of carbonyl (C=O) groups is 1. The minimum absolute atomic E-state index is 0.521. The molecule has 0 saturated carbocycles. The average molecular weight is 170 g/mol. The van der Waals surface area contributed by atoms with Crippen LogP contribution in [0, 0.1) is 0 Å². The Hall–Kier alpha value is -0.833. The first-order chi connectivity index (χ1) is 4.89. The normalized spacial score (nSPS) is 12.8. The summed E-state index contributed by atoms with van der Waals surface area (Å²) < 4.78 is 0. The van der Waals surface area contributed by atoms with Gasteiger partial charge in [-0.3, -0.25) is 0 Å². The van der Waals surface area contributed by atoms with E-state index in [4.69, 9.17) is 5.11 Å². The molecule has 0 saturated heterocycles. The molecule has 11 heavy (non-hydrogen) atoms. The van der Waals surface area contributed by atoms with E-state index in [0.717, 1.165) is 0 Å². The van der Waals surface area contributed by atoms with Crippen LogP contribution in [0.4, 0.5) is 0 Å². The third kappa shape index (κ3) is 3.18. The van der Waals surface area contributed by atoms with Gasteiger partial charge in [-0.1, -0.05) is 38.4 Å². The fourth-order valence-electron chi connectivity index (χ4n) is 0.760. The van der Waals surface area contributed by atoms with E-state index in [1.165, 1.54) is 6.08 Å². The van der Waals surface area contributed by atoms with Crippen LogP contribution in [0.1, 0.15) is 0 Å². The fraction of sp³-hybridized carbons (Fsp3) is 0.375. The highest BCUT2D eigenvalue weighted by atomic mass is 28.3. The molecular weight excluding hydrogens is 156 g/mol. The van der Waals surface area contributed by atoms with E-state index >= 15 is 0 Å². The van der Waals surface area contributed by atoms with Gasteiger partial charge in [-0.05, 0) is 0 Å². The largest absolute Gasteiger partial charge is 0.478 e. The van der Waals surface area contributed by atoms with Crippen LogP contribution in [0.15, 0.2) is 23.9 Å². The van der Waals surface area contributed by atoms with Crippen LogP contribution in [0.5, 0.6) is 0 Å². The molecule has 0 amide bonds. The van der Waals surface area contributed by atoms with Gasteiger partial charge in [0.15, 0.2) is 0 Å². The predicted octanol–water partition coefficient (Wildman–Crippen LogP) is 2.06. The molecule has 0 spiro atoms. The molecule has 1 N–H and O–H groups in total. The SMILES string of the molecule is C=CC=C(C(=O)O)[Si](C)(C)C. The molecule has 0 fully saturated rings. The Labute approximate surface area is 68.3 Å². The smallest absolute Gasteiger partial charge is 0.327 e. The van der Waals surface area contributed by atoms with Crippen LogP contribution in [-0.2, 0) is 4.79 Å². The molecule has 0 aliphatic carbocycles. The van der Waals surface area contributed by atoms with Crippen LogP contribution in [0.2, 0.25) is 19.6 Å². The summed E-state index contributed by atoms with van der Waals surface area (Å²) in [5.74, 6) is -0.816. The van der Waals surface area contributed by atoms with Crippen molar-refractivity contribution >= 4 is 14.0 Å². The van der Waals surface area contributed by atoms with Crippen molar-refractivity contribution < 1.29 is 9.90 Å². The Bertz CT molecular complexity index is 199. The molecule has 0 bridgehead atoms.